The third-order valence-corrected chi connectivity index (χ3v) is 5.64. The normalized spacial score (nSPS) is 15.8. The van der Waals surface area contributed by atoms with Gasteiger partial charge in [-0.25, -0.2) is 0 Å². The summed E-state index contributed by atoms with van der Waals surface area (Å²) in [6.45, 7) is 9.43. The van der Waals surface area contributed by atoms with Crippen LogP contribution in [0.1, 0.15) is 29.7 Å². The molecule has 1 heterocycles. The van der Waals surface area contributed by atoms with Gasteiger partial charge in [-0.2, -0.15) is 0 Å². The quantitative estimate of drug-likeness (QED) is 0.461. The lowest BCUT2D eigenvalue weighted by Crippen LogP contribution is -2.46. The molecule has 0 amide bonds. The molecular weight excluding hydrogens is 404 g/mol. The summed E-state index contributed by atoms with van der Waals surface area (Å²) in [5.74, 6) is 2.54. The van der Waals surface area contributed by atoms with Crippen molar-refractivity contribution in [1.82, 2.24) is 15.5 Å². The Balaban J connectivity index is 1.65. The standard InChI is InChI=1S/C25H36N4O3/c1-5-32-24-16-19(2)6-7-21(24)17-27-25(26-3)28-18-23(29-12-14-31-15-13-29)20-8-10-22(30-4)11-9-20/h6-11,16,23H,5,12-15,17-18H2,1-4H3,(H2,26,27,28). The second-order valence-corrected chi connectivity index (χ2v) is 7.79. The molecule has 174 valence electrons. The summed E-state index contributed by atoms with van der Waals surface area (Å²) in [6, 6.07) is 14.8. The molecule has 2 N–H and O–H groups in total. The Morgan fingerprint density at radius 3 is 2.53 bits per heavy atom. The molecule has 2 aromatic rings. The van der Waals surface area contributed by atoms with Gasteiger partial charge in [0.2, 0.25) is 0 Å². The molecule has 0 saturated carbocycles. The SMILES string of the molecule is CCOc1cc(C)ccc1CNC(=NC)NCC(c1ccc(OC)cc1)N1CCOCC1. The maximum Gasteiger partial charge on any atom is 0.191 e. The molecular formula is C25H36N4O3. The van der Waals surface area contributed by atoms with E-state index < -0.39 is 0 Å². The van der Waals surface area contributed by atoms with Crippen molar-refractivity contribution in [2.45, 2.75) is 26.4 Å². The molecule has 0 spiro atoms. The van der Waals surface area contributed by atoms with E-state index in [0.29, 0.717) is 13.2 Å². The molecule has 0 bridgehead atoms. The fraction of sp³-hybridized carbons (Fsp3) is 0.480. The maximum atomic E-state index is 5.81. The third-order valence-electron chi connectivity index (χ3n) is 5.64. The number of guanidine groups is 1. The van der Waals surface area contributed by atoms with E-state index in [9.17, 15) is 0 Å². The van der Waals surface area contributed by atoms with Crippen LogP contribution in [0, 0.1) is 6.92 Å². The van der Waals surface area contributed by atoms with Crippen LogP contribution < -0.4 is 20.1 Å². The van der Waals surface area contributed by atoms with Crippen molar-refractivity contribution in [3.63, 3.8) is 0 Å². The highest BCUT2D eigenvalue weighted by Crippen LogP contribution is 2.24. The van der Waals surface area contributed by atoms with Gasteiger partial charge in [0, 0.05) is 38.8 Å². The smallest absolute Gasteiger partial charge is 0.191 e. The van der Waals surface area contributed by atoms with E-state index in [1.165, 1.54) is 11.1 Å². The van der Waals surface area contributed by atoms with Gasteiger partial charge < -0.3 is 24.8 Å². The van der Waals surface area contributed by atoms with Gasteiger partial charge in [0.15, 0.2) is 5.96 Å². The first kappa shape index (κ1) is 23.9. The van der Waals surface area contributed by atoms with E-state index in [1.54, 1.807) is 14.2 Å². The average Bonchev–Trinajstić information content (AvgIpc) is 2.83. The molecule has 2 aromatic carbocycles. The Morgan fingerprint density at radius 1 is 1.12 bits per heavy atom. The van der Waals surface area contributed by atoms with Crippen LogP contribution in [0.4, 0.5) is 0 Å². The second-order valence-electron chi connectivity index (χ2n) is 7.79. The molecule has 1 aliphatic rings. The molecule has 0 aromatic heterocycles. The Kier molecular flexibility index (Phi) is 9.19. The zero-order valence-corrected chi connectivity index (χ0v) is 19.7. The van der Waals surface area contributed by atoms with Crippen molar-refractivity contribution in [3.8, 4) is 11.5 Å². The fourth-order valence-corrected chi connectivity index (χ4v) is 3.86. The van der Waals surface area contributed by atoms with Crippen molar-refractivity contribution < 1.29 is 14.2 Å². The van der Waals surface area contributed by atoms with Gasteiger partial charge in [-0.05, 0) is 43.2 Å². The summed E-state index contributed by atoms with van der Waals surface area (Å²) in [5, 5.41) is 6.94. The molecule has 1 saturated heterocycles. The van der Waals surface area contributed by atoms with Crippen molar-refractivity contribution in [3.05, 3.63) is 59.2 Å². The number of rotatable bonds is 9. The van der Waals surface area contributed by atoms with Gasteiger partial charge in [0.05, 0.1) is 33.0 Å². The molecule has 32 heavy (non-hydrogen) atoms. The predicted molar refractivity (Wildman–Crippen MR) is 129 cm³/mol. The van der Waals surface area contributed by atoms with E-state index >= 15 is 0 Å². The molecule has 1 atom stereocenters. The Labute approximate surface area is 191 Å². The van der Waals surface area contributed by atoms with Gasteiger partial charge in [0.25, 0.3) is 0 Å². The molecule has 7 nitrogen and oxygen atoms in total. The van der Waals surface area contributed by atoms with Crippen LogP contribution in [0.3, 0.4) is 0 Å². The van der Waals surface area contributed by atoms with E-state index in [-0.39, 0.29) is 6.04 Å². The lowest BCUT2D eigenvalue weighted by Gasteiger charge is -2.35. The molecule has 0 aliphatic carbocycles. The minimum atomic E-state index is 0.210. The molecule has 3 rings (SSSR count). The van der Waals surface area contributed by atoms with Gasteiger partial charge in [-0.15, -0.1) is 0 Å². The number of nitrogens with zero attached hydrogens (tertiary/aromatic N) is 2. The second kappa shape index (κ2) is 12.3. The Bertz CT molecular complexity index is 864. The predicted octanol–water partition coefficient (Wildman–Crippen LogP) is 3.14. The first-order valence-electron chi connectivity index (χ1n) is 11.3. The van der Waals surface area contributed by atoms with E-state index in [0.717, 1.165) is 55.9 Å². The summed E-state index contributed by atoms with van der Waals surface area (Å²) in [7, 11) is 3.49. The van der Waals surface area contributed by atoms with Crippen LogP contribution >= 0.6 is 0 Å². The highest BCUT2D eigenvalue weighted by Gasteiger charge is 2.23. The van der Waals surface area contributed by atoms with Crippen LogP contribution in [-0.2, 0) is 11.3 Å². The largest absolute Gasteiger partial charge is 0.497 e. The summed E-state index contributed by atoms with van der Waals surface area (Å²) >= 11 is 0. The van der Waals surface area contributed by atoms with Crippen molar-refractivity contribution >= 4 is 5.96 Å². The highest BCUT2D eigenvalue weighted by molar-refractivity contribution is 5.79. The maximum absolute atomic E-state index is 5.81. The zero-order chi connectivity index (χ0) is 22.8. The topological polar surface area (TPSA) is 67.3 Å². The van der Waals surface area contributed by atoms with Crippen LogP contribution in [0.25, 0.3) is 0 Å². The van der Waals surface area contributed by atoms with Crippen LogP contribution in [0.2, 0.25) is 0 Å². The number of ether oxygens (including phenoxy) is 3. The average molecular weight is 441 g/mol. The molecule has 7 heteroatoms. The number of morpholine rings is 1. The minimum Gasteiger partial charge on any atom is -0.497 e. The number of nitrogens with one attached hydrogen (secondary N) is 2. The molecule has 1 fully saturated rings. The van der Waals surface area contributed by atoms with Gasteiger partial charge in [-0.1, -0.05) is 24.3 Å². The summed E-state index contributed by atoms with van der Waals surface area (Å²) < 4.78 is 16.7. The summed E-state index contributed by atoms with van der Waals surface area (Å²) in [4.78, 5) is 6.88. The number of hydrogen-bond acceptors (Lipinski definition) is 5. The lowest BCUT2D eigenvalue weighted by molar-refractivity contribution is 0.0170. The molecule has 1 aliphatic heterocycles. The zero-order valence-electron chi connectivity index (χ0n) is 19.7. The Hall–Kier alpha value is -2.77. The van der Waals surface area contributed by atoms with Gasteiger partial charge in [-0.3, -0.25) is 9.89 Å². The van der Waals surface area contributed by atoms with Crippen LogP contribution in [0.5, 0.6) is 11.5 Å². The number of aryl methyl sites for hydroxylation is 1. The van der Waals surface area contributed by atoms with Crippen molar-refractivity contribution in [2.24, 2.45) is 4.99 Å². The van der Waals surface area contributed by atoms with Crippen molar-refractivity contribution in [2.75, 3.05) is 53.6 Å². The van der Waals surface area contributed by atoms with Gasteiger partial charge >= 0.3 is 0 Å². The van der Waals surface area contributed by atoms with Crippen molar-refractivity contribution in [1.29, 1.82) is 0 Å². The lowest BCUT2D eigenvalue weighted by atomic mass is 10.0. The number of hydrogen-bond donors (Lipinski definition) is 2. The highest BCUT2D eigenvalue weighted by atomic mass is 16.5. The van der Waals surface area contributed by atoms with Gasteiger partial charge in [0.1, 0.15) is 11.5 Å². The Morgan fingerprint density at radius 2 is 1.88 bits per heavy atom. The monoisotopic (exact) mass is 440 g/mol. The minimum absolute atomic E-state index is 0.210. The first-order chi connectivity index (χ1) is 15.6. The summed E-state index contributed by atoms with van der Waals surface area (Å²) in [6.07, 6.45) is 0. The van der Waals surface area contributed by atoms with E-state index in [1.807, 2.05) is 19.1 Å². The third kappa shape index (κ3) is 6.61. The number of benzene rings is 2. The number of aliphatic imine (C=N–C) groups is 1. The number of methoxy groups -OCH3 is 1. The fourth-order valence-electron chi connectivity index (χ4n) is 3.86. The van der Waals surface area contributed by atoms with Crippen LogP contribution in [0.15, 0.2) is 47.5 Å². The molecule has 1 unspecified atom stereocenters. The van der Waals surface area contributed by atoms with Crippen LogP contribution in [-0.4, -0.2) is 64.5 Å². The molecule has 0 radical (unpaired) electrons. The van der Waals surface area contributed by atoms with E-state index in [2.05, 4.69) is 57.8 Å². The van der Waals surface area contributed by atoms with E-state index in [4.69, 9.17) is 14.2 Å². The first-order valence-corrected chi connectivity index (χ1v) is 11.3. The summed E-state index contributed by atoms with van der Waals surface area (Å²) in [5.41, 5.74) is 3.54.